The summed E-state index contributed by atoms with van der Waals surface area (Å²) >= 11 is 1.92. The van der Waals surface area contributed by atoms with E-state index in [4.69, 9.17) is 0 Å². The van der Waals surface area contributed by atoms with Gasteiger partial charge in [0.25, 0.3) is 0 Å². The zero-order chi connectivity index (χ0) is 9.52. The van der Waals surface area contributed by atoms with Crippen molar-refractivity contribution in [2.24, 2.45) is 0 Å². The Bertz CT molecular complexity index is 236. The predicted molar refractivity (Wildman–Crippen MR) is 55.8 cm³/mol. The number of thioether (sulfide) groups is 1. The van der Waals surface area contributed by atoms with E-state index in [9.17, 15) is 0 Å². The van der Waals surface area contributed by atoms with E-state index in [0.29, 0.717) is 0 Å². The van der Waals surface area contributed by atoms with Crippen molar-refractivity contribution in [3.05, 3.63) is 12.2 Å². The van der Waals surface area contributed by atoms with Crippen molar-refractivity contribution in [2.45, 2.75) is 20.0 Å². The minimum Gasteiger partial charge on any atom is -0.313 e. The first-order chi connectivity index (χ1) is 6.38. The van der Waals surface area contributed by atoms with Crippen molar-refractivity contribution >= 4 is 11.8 Å². The highest BCUT2D eigenvalue weighted by molar-refractivity contribution is 7.99. The lowest BCUT2D eigenvalue weighted by Gasteiger charge is -2.04. The fourth-order valence-electron chi connectivity index (χ4n) is 1.07. The summed E-state index contributed by atoms with van der Waals surface area (Å²) in [4.78, 5) is 4.16. The van der Waals surface area contributed by atoms with E-state index < -0.39 is 0 Å². The van der Waals surface area contributed by atoms with Gasteiger partial charge in [0.1, 0.15) is 12.2 Å². The number of nitrogens with one attached hydrogen (secondary N) is 1. The third-order valence-electron chi connectivity index (χ3n) is 1.68. The fraction of sp³-hybridized carbons (Fsp3) is 0.750. The molecule has 1 aromatic rings. The second-order valence-electron chi connectivity index (χ2n) is 2.63. The molecule has 1 aromatic heterocycles. The van der Waals surface area contributed by atoms with Crippen LogP contribution in [0, 0.1) is 0 Å². The summed E-state index contributed by atoms with van der Waals surface area (Å²) < 4.78 is 1.96. The molecule has 0 bridgehead atoms. The smallest absolute Gasteiger partial charge is 0.140 e. The first-order valence-corrected chi connectivity index (χ1v) is 5.63. The highest BCUT2D eigenvalue weighted by atomic mass is 32.2. The number of rotatable bonds is 6. The molecule has 1 heterocycles. The second kappa shape index (κ2) is 5.99. The average Bonchev–Trinajstić information content (AvgIpc) is 2.54. The fourth-order valence-corrected chi connectivity index (χ4v) is 1.66. The highest BCUT2D eigenvalue weighted by Gasteiger charge is 2.01. The van der Waals surface area contributed by atoms with Gasteiger partial charge >= 0.3 is 0 Å². The third-order valence-corrected chi connectivity index (χ3v) is 2.56. The van der Waals surface area contributed by atoms with Gasteiger partial charge in [0.15, 0.2) is 0 Å². The van der Waals surface area contributed by atoms with Gasteiger partial charge in [-0.05, 0) is 12.8 Å². The predicted octanol–water partition coefficient (Wildman–Crippen LogP) is 0.751. The van der Waals surface area contributed by atoms with Gasteiger partial charge in [-0.1, -0.05) is 6.92 Å². The summed E-state index contributed by atoms with van der Waals surface area (Å²) in [6.45, 7) is 3.91. The van der Waals surface area contributed by atoms with Gasteiger partial charge in [0, 0.05) is 5.75 Å². The topological polar surface area (TPSA) is 42.7 Å². The minimum atomic E-state index is 0.788. The summed E-state index contributed by atoms with van der Waals surface area (Å²) in [6.07, 6.45) is 1.61. The summed E-state index contributed by atoms with van der Waals surface area (Å²) in [5.74, 6) is 3.28. The van der Waals surface area contributed by atoms with Gasteiger partial charge in [-0.2, -0.15) is 16.9 Å². The van der Waals surface area contributed by atoms with Crippen LogP contribution in [0.3, 0.4) is 0 Å². The molecule has 0 spiro atoms. The molecule has 0 aliphatic carbocycles. The summed E-state index contributed by atoms with van der Waals surface area (Å²) in [6, 6.07) is 0. The number of hydrogen-bond acceptors (Lipinski definition) is 4. The molecule has 5 heteroatoms. The van der Waals surface area contributed by atoms with Crippen LogP contribution in [-0.2, 0) is 13.1 Å². The molecule has 0 atom stereocenters. The normalized spacial score (nSPS) is 10.6. The van der Waals surface area contributed by atoms with Crippen molar-refractivity contribution in [3.8, 4) is 0 Å². The van der Waals surface area contributed by atoms with E-state index in [1.54, 1.807) is 6.33 Å². The molecule has 0 fully saturated rings. The molecule has 0 aliphatic rings. The maximum Gasteiger partial charge on any atom is 0.140 e. The molecule has 74 valence electrons. The van der Waals surface area contributed by atoms with Crippen LogP contribution in [-0.4, -0.2) is 33.3 Å². The number of aromatic nitrogens is 3. The summed E-state index contributed by atoms with van der Waals surface area (Å²) in [7, 11) is 1.92. The first-order valence-electron chi connectivity index (χ1n) is 4.47. The first kappa shape index (κ1) is 10.5. The molecule has 0 aliphatic heterocycles. The lowest BCUT2D eigenvalue weighted by molar-refractivity contribution is 0.599. The van der Waals surface area contributed by atoms with Crippen LogP contribution in [0.1, 0.15) is 12.7 Å². The van der Waals surface area contributed by atoms with Gasteiger partial charge in [0.2, 0.25) is 0 Å². The number of hydrogen-bond donors (Lipinski definition) is 1. The Balaban J connectivity index is 2.40. The molecule has 0 aromatic carbocycles. The third kappa shape index (κ3) is 3.36. The van der Waals surface area contributed by atoms with Crippen LogP contribution >= 0.6 is 11.8 Å². The maximum absolute atomic E-state index is 4.16. The largest absolute Gasteiger partial charge is 0.313 e. The van der Waals surface area contributed by atoms with Gasteiger partial charge < -0.3 is 5.32 Å². The van der Waals surface area contributed by atoms with Crippen molar-refractivity contribution in [3.63, 3.8) is 0 Å². The monoisotopic (exact) mass is 200 g/mol. The minimum absolute atomic E-state index is 0.788. The summed E-state index contributed by atoms with van der Waals surface area (Å²) in [5.41, 5.74) is 0. The molecule has 1 rings (SSSR count). The lowest BCUT2D eigenvalue weighted by atomic mass is 10.6. The van der Waals surface area contributed by atoms with Gasteiger partial charge in [-0.3, -0.25) is 0 Å². The van der Waals surface area contributed by atoms with E-state index >= 15 is 0 Å². The number of aryl methyl sites for hydroxylation is 1. The van der Waals surface area contributed by atoms with Crippen LogP contribution in [0.15, 0.2) is 6.33 Å². The SMILES string of the molecule is CCSCCn1ncnc1CNC. The van der Waals surface area contributed by atoms with Gasteiger partial charge in [0.05, 0.1) is 13.1 Å². The lowest BCUT2D eigenvalue weighted by Crippen LogP contribution is -2.14. The zero-order valence-corrected chi connectivity index (χ0v) is 8.97. The van der Waals surface area contributed by atoms with Gasteiger partial charge in [-0.25, -0.2) is 9.67 Å². The molecule has 0 saturated heterocycles. The molecular formula is C8H16N4S. The van der Waals surface area contributed by atoms with Gasteiger partial charge in [-0.15, -0.1) is 0 Å². The van der Waals surface area contributed by atoms with E-state index in [0.717, 1.165) is 30.4 Å². The molecule has 1 N–H and O–H groups in total. The maximum atomic E-state index is 4.16. The van der Waals surface area contributed by atoms with Crippen LogP contribution < -0.4 is 5.32 Å². The number of nitrogens with zero attached hydrogens (tertiary/aromatic N) is 3. The molecule has 4 nitrogen and oxygen atoms in total. The highest BCUT2D eigenvalue weighted by Crippen LogP contribution is 2.01. The summed E-state index contributed by atoms with van der Waals surface area (Å²) in [5, 5.41) is 7.23. The van der Waals surface area contributed by atoms with Crippen molar-refractivity contribution in [1.29, 1.82) is 0 Å². The van der Waals surface area contributed by atoms with E-state index in [1.165, 1.54) is 0 Å². The Morgan fingerprint density at radius 2 is 2.46 bits per heavy atom. The molecule has 0 amide bonds. The van der Waals surface area contributed by atoms with E-state index in [2.05, 4.69) is 22.3 Å². The van der Waals surface area contributed by atoms with E-state index in [-0.39, 0.29) is 0 Å². The zero-order valence-electron chi connectivity index (χ0n) is 8.16. The van der Waals surface area contributed by atoms with E-state index in [1.807, 2.05) is 23.5 Å². The Hall–Kier alpha value is -0.550. The van der Waals surface area contributed by atoms with Crippen LogP contribution in [0.2, 0.25) is 0 Å². The quantitative estimate of drug-likeness (QED) is 0.688. The molecule has 0 unspecified atom stereocenters. The van der Waals surface area contributed by atoms with Crippen molar-refractivity contribution < 1.29 is 0 Å². The molecular weight excluding hydrogens is 184 g/mol. The molecule has 0 saturated carbocycles. The standard InChI is InChI=1S/C8H16N4S/c1-3-13-5-4-12-8(6-9-2)10-7-11-12/h7,9H,3-6H2,1-2H3. The van der Waals surface area contributed by atoms with Crippen LogP contribution in [0.25, 0.3) is 0 Å². The Morgan fingerprint density at radius 3 is 3.15 bits per heavy atom. The van der Waals surface area contributed by atoms with Crippen molar-refractivity contribution in [1.82, 2.24) is 20.1 Å². The Morgan fingerprint density at radius 1 is 1.62 bits per heavy atom. The van der Waals surface area contributed by atoms with Crippen molar-refractivity contribution in [2.75, 3.05) is 18.6 Å². The Kier molecular flexibility index (Phi) is 4.85. The average molecular weight is 200 g/mol. The molecule has 0 radical (unpaired) electrons. The van der Waals surface area contributed by atoms with Crippen LogP contribution in [0.4, 0.5) is 0 Å². The molecule has 13 heavy (non-hydrogen) atoms. The Labute approximate surface area is 83.1 Å². The van der Waals surface area contributed by atoms with Crippen LogP contribution in [0.5, 0.6) is 0 Å². The second-order valence-corrected chi connectivity index (χ2v) is 4.02.